The van der Waals surface area contributed by atoms with Crippen molar-refractivity contribution in [2.75, 3.05) is 19.7 Å². The molecule has 0 aliphatic heterocycles. The van der Waals surface area contributed by atoms with Gasteiger partial charge >= 0.3 is 5.97 Å². The minimum atomic E-state index is -1.38. The SMILES string of the molecule is CCCCCCCCCCCCCCCC(=O)NCC(O)C(=O)NCC(=O)OCC. The molecule has 0 aromatic heterocycles. The molecule has 7 heteroatoms. The van der Waals surface area contributed by atoms with Crippen molar-refractivity contribution in [3.8, 4) is 0 Å². The molecule has 176 valence electrons. The van der Waals surface area contributed by atoms with E-state index in [-0.39, 0.29) is 25.6 Å². The molecule has 0 saturated heterocycles. The predicted octanol–water partition coefficient (Wildman–Crippen LogP) is 3.62. The van der Waals surface area contributed by atoms with Gasteiger partial charge in [-0.25, -0.2) is 0 Å². The largest absolute Gasteiger partial charge is 0.465 e. The quantitative estimate of drug-likeness (QED) is 0.203. The van der Waals surface area contributed by atoms with Gasteiger partial charge in [0.15, 0.2) is 0 Å². The van der Waals surface area contributed by atoms with Gasteiger partial charge in [-0.3, -0.25) is 14.4 Å². The van der Waals surface area contributed by atoms with Crippen LogP contribution in [-0.2, 0) is 19.1 Å². The Hall–Kier alpha value is -1.63. The normalized spacial score (nSPS) is 11.7. The van der Waals surface area contributed by atoms with Gasteiger partial charge in [-0.05, 0) is 13.3 Å². The van der Waals surface area contributed by atoms with Crippen LogP contribution in [0.15, 0.2) is 0 Å². The highest BCUT2D eigenvalue weighted by Gasteiger charge is 2.16. The Bertz CT molecular complexity index is 457. The molecule has 0 aliphatic rings. The number of amides is 2. The number of rotatable bonds is 20. The van der Waals surface area contributed by atoms with Gasteiger partial charge in [0.2, 0.25) is 5.91 Å². The van der Waals surface area contributed by atoms with E-state index in [4.69, 9.17) is 0 Å². The first-order chi connectivity index (χ1) is 14.5. The third-order valence-corrected chi connectivity index (χ3v) is 5.01. The average Bonchev–Trinajstić information content (AvgIpc) is 2.73. The summed E-state index contributed by atoms with van der Waals surface area (Å²) in [6, 6.07) is 0. The Labute approximate surface area is 182 Å². The van der Waals surface area contributed by atoms with E-state index in [1.165, 1.54) is 64.2 Å². The number of carbonyl (C=O) groups is 3. The summed E-state index contributed by atoms with van der Waals surface area (Å²) in [5.74, 6) is -1.44. The van der Waals surface area contributed by atoms with Crippen LogP contribution in [-0.4, -0.2) is 48.7 Å². The molecule has 30 heavy (non-hydrogen) atoms. The van der Waals surface area contributed by atoms with Crippen molar-refractivity contribution in [3.63, 3.8) is 0 Å². The molecule has 0 heterocycles. The number of hydrogen-bond donors (Lipinski definition) is 3. The zero-order valence-electron chi connectivity index (χ0n) is 19.2. The number of unbranched alkanes of at least 4 members (excludes halogenated alkanes) is 12. The fraction of sp³-hybridized carbons (Fsp3) is 0.870. The highest BCUT2D eigenvalue weighted by Crippen LogP contribution is 2.12. The first-order valence-corrected chi connectivity index (χ1v) is 11.9. The Morgan fingerprint density at radius 1 is 0.767 bits per heavy atom. The van der Waals surface area contributed by atoms with E-state index in [9.17, 15) is 19.5 Å². The van der Waals surface area contributed by atoms with Crippen LogP contribution in [0.3, 0.4) is 0 Å². The van der Waals surface area contributed by atoms with Crippen LogP contribution in [0.2, 0.25) is 0 Å². The first kappa shape index (κ1) is 28.4. The Balaban J connectivity index is 3.48. The van der Waals surface area contributed by atoms with Gasteiger partial charge in [0.1, 0.15) is 12.6 Å². The zero-order valence-corrected chi connectivity index (χ0v) is 19.2. The Kier molecular flexibility index (Phi) is 19.5. The first-order valence-electron chi connectivity index (χ1n) is 11.9. The molecule has 0 aromatic carbocycles. The van der Waals surface area contributed by atoms with Gasteiger partial charge in [-0.2, -0.15) is 0 Å². The lowest BCUT2D eigenvalue weighted by atomic mass is 10.0. The van der Waals surface area contributed by atoms with E-state index >= 15 is 0 Å². The van der Waals surface area contributed by atoms with Crippen LogP contribution in [0.4, 0.5) is 0 Å². The molecule has 0 spiro atoms. The highest BCUT2D eigenvalue weighted by atomic mass is 16.5. The lowest BCUT2D eigenvalue weighted by molar-refractivity contribution is -0.144. The summed E-state index contributed by atoms with van der Waals surface area (Å²) in [4.78, 5) is 34.6. The lowest BCUT2D eigenvalue weighted by Gasteiger charge is -2.12. The molecule has 7 nitrogen and oxygen atoms in total. The van der Waals surface area contributed by atoms with E-state index < -0.39 is 18.0 Å². The summed E-state index contributed by atoms with van der Waals surface area (Å²) in [7, 11) is 0. The number of aliphatic hydroxyl groups excluding tert-OH is 1. The number of esters is 1. The fourth-order valence-electron chi connectivity index (χ4n) is 3.18. The number of hydrogen-bond acceptors (Lipinski definition) is 5. The molecule has 0 radical (unpaired) electrons. The van der Waals surface area contributed by atoms with E-state index in [0.717, 1.165) is 19.3 Å². The highest BCUT2D eigenvalue weighted by molar-refractivity contribution is 5.85. The molecule has 0 fully saturated rings. The molecular formula is C23H44N2O5. The third-order valence-electron chi connectivity index (χ3n) is 5.01. The maximum Gasteiger partial charge on any atom is 0.325 e. The molecule has 0 aliphatic carbocycles. The van der Waals surface area contributed by atoms with E-state index in [1.807, 2.05) is 0 Å². The molecule has 3 N–H and O–H groups in total. The van der Waals surface area contributed by atoms with Crippen LogP contribution in [0.1, 0.15) is 104 Å². The monoisotopic (exact) mass is 428 g/mol. The molecule has 0 aromatic rings. The molecular weight excluding hydrogens is 384 g/mol. The zero-order chi connectivity index (χ0) is 22.5. The van der Waals surface area contributed by atoms with Gasteiger partial charge in [0.25, 0.3) is 5.91 Å². The lowest BCUT2D eigenvalue weighted by Crippen LogP contribution is -2.44. The smallest absolute Gasteiger partial charge is 0.325 e. The topological polar surface area (TPSA) is 105 Å². The van der Waals surface area contributed by atoms with Crippen LogP contribution in [0, 0.1) is 0 Å². The van der Waals surface area contributed by atoms with Crippen molar-refractivity contribution < 1.29 is 24.2 Å². The van der Waals surface area contributed by atoms with Crippen molar-refractivity contribution in [2.45, 2.75) is 110 Å². The molecule has 2 amide bonds. The van der Waals surface area contributed by atoms with Crippen LogP contribution in [0.25, 0.3) is 0 Å². The second-order valence-corrected chi connectivity index (χ2v) is 7.84. The van der Waals surface area contributed by atoms with Crippen LogP contribution in [0.5, 0.6) is 0 Å². The molecule has 0 bridgehead atoms. The van der Waals surface area contributed by atoms with Gasteiger partial charge < -0.3 is 20.5 Å². The van der Waals surface area contributed by atoms with Crippen molar-refractivity contribution in [2.24, 2.45) is 0 Å². The van der Waals surface area contributed by atoms with Gasteiger partial charge in [0, 0.05) is 6.42 Å². The Morgan fingerprint density at radius 2 is 1.27 bits per heavy atom. The Morgan fingerprint density at radius 3 is 1.77 bits per heavy atom. The summed E-state index contributed by atoms with van der Waals surface area (Å²) in [6.45, 7) is 3.69. The van der Waals surface area contributed by atoms with Gasteiger partial charge in [0.05, 0.1) is 13.2 Å². The number of carbonyl (C=O) groups excluding carboxylic acids is 3. The summed E-state index contributed by atoms with van der Waals surface area (Å²) < 4.78 is 4.68. The van der Waals surface area contributed by atoms with Crippen molar-refractivity contribution in [1.29, 1.82) is 0 Å². The second-order valence-electron chi connectivity index (χ2n) is 7.84. The van der Waals surface area contributed by atoms with E-state index in [0.29, 0.717) is 6.42 Å². The summed E-state index contributed by atoms with van der Waals surface area (Å²) >= 11 is 0. The van der Waals surface area contributed by atoms with E-state index in [2.05, 4.69) is 22.3 Å². The van der Waals surface area contributed by atoms with E-state index in [1.54, 1.807) is 6.92 Å². The van der Waals surface area contributed by atoms with Crippen molar-refractivity contribution >= 4 is 17.8 Å². The standard InChI is InChI=1S/C23H44N2O5/c1-3-5-6-7-8-9-10-11-12-13-14-15-16-17-21(27)24-18-20(26)23(29)25-19-22(28)30-4-2/h20,26H,3-19H2,1-2H3,(H,24,27)(H,25,29). The number of nitrogens with one attached hydrogen (secondary N) is 2. The number of ether oxygens (including phenoxy) is 1. The second kappa shape index (κ2) is 20.6. The number of aliphatic hydroxyl groups is 1. The van der Waals surface area contributed by atoms with Gasteiger partial charge in [-0.15, -0.1) is 0 Å². The molecule has 1 atom stereocenters. The third kappa shape index (κ3) is 18.4. The molecule has 1 unspecified atom stereocenters. The minimum Gasteiger partial charge on any atom is -0.465 e. The molecule has 0 rings (SSSR count). The maximum atomic E-state index is 11.8. The van der Waals surface area contributed by atoms with Gasteiger partial charge in [-0.1, -0.05) is 84.0 Å². The summed E-state index contributed by atoms with van der Waals surface area (Å²) in [5, 5.41) is 14.5. The summed E-state index contributed by atoms with van der Waals surface area (Å²) in [6.07, 6.45) is 15.3. The van der Waals surface area contributed by atoms with Crippen LogP contribution < -0.4 is 10.6 Å². The van der Waals surface area contributed by atoms with Crippen molar-refractivity contribution in [1.82, 2.24) is 10.6 Å². The average molecular weight is 429 g/mol. The predicted molar refractivity (Wildman–Crippen MR) is 119 cm³/mol. The van der Waals surface area contributed by atoms with Crippen molar-refractivity contribution in [3.05, 3.63) is 0 Å². The summed E-state index contributed by atoms with van der Waals surface area (Å²) in [5.41, 5.74) is 0. The maximum absolute atomic E-state index is 11.8. The van der Waals surface area contributed by atoms with Crippen LogP contribution >= 0.6 is 0 Å². The minimum absolute atomic E-state index is 0.161. The fourth-order valence-corrected chi connectivity index (χ4v) is 3.18. The molecule has 0 saturated carbocycles.